The third-order valence-corrected chi connectivity index (χ3v) is 4.78. The molecule has 3 heterocycles. The van der Waals surface area contributed by atoms with Crippen LogP contribution in [0.2, 0.25) is 5.02 Å². The van der Waals surface area contributed by atoms with Gasteiger partial charge in [-0.2, -0.15) is 14.6 Å². The van der Waals surface area contributed by atoms with E-state index in [1.54, 1.807) is 10.8 Å². The quantitative estimate of drug-likeness (QED) is 0.717. The molecule has 1 atom stereocenters. The summed E-state index contributed by atoms with van der Waals surface area (Å²) in [6.45, 7) is 4.30. The SMILES string of the molecule is CCCc1cc(N2CCOC(c3ccccc3Cl)C2)n2ncnc2n1. The predicted octanol–water partition coefficient (Wildman–Crippen LogP) is 3.31. The number of aryl methyl sites for hydroxylation is 1. The van der Waals surface area contributed by atoms with E-state index in [9.17, 15) is 0 Å². The van der Waals surface area contributed by atoms with Gasteiger partial charge in [0.2, 0.25) is 0 Å². The Labute approximate surface area is 151 Å². The fourth-order valence-corrected chi connectivity index (χ4v) is 3.49. The highest BCUT2D eigenvalue weighted by Crippen LogP contribution is 2.30. The number of nitrogens with zero attached hydrogens (tertiary/aromatic N) is 5. The van der Waals surface area contributed by atoms with Crippen LogP contribution in [0.3, 0.4) is 0 Å². The molecule has 130 valence electrons. The number of halogens is 1. The molecule has 1 aromatic carbocycles. The zero-order valence-electron chi connectivity index (χ0n) is 14.1. The molecule has 1 unspecified atom stereocenters. The van der Waals surface area contributed by atoms with E-state index in [1.807, 2.05) is 24.3 Å². The van der Waals surface area contributed by atoms with Crippen LogP contribution in [-0.2, 0) is 11.2 Å². The zero-order chi connectivity index (χ0) is 17.2. The summed E-state index contributed by atoms with van der Waals surface area (Å²) in [6.07, 6.45) is 3.45. The molecule has 2 aromatic heterocycles. The molecule has 0 aliphatic carbocycles. The van der Waals surface area contributed by atoms with E-state index < -0.39 is 0 Å². The van der Waals surface area contributed by atoms with Gasteiger partial charge in [-0.15, -0.1) is 0 Å². The average molecular weight is 358 g/mol. The molecule has 3 aromatic rings. The number of rotatable bonds is 4. The largest absolute Gasteiger partial charge is 0.370 e. The second-order valence-electron chi connectivity index (χ2n) is 6.15. The van der Waals surface area contributed by atoms with Gasteiger partial charge in [-0.05, 0) is 12.5 Å². The number of anilines is 1. The molecule has 25 heavy (non-hydrogen) atoms. The normalized spacial score (nSPS) is 18.0. The monoisotopic (exact) mass is 357 g/mol. The van der Waals surface area contributed by atoms with Crippen molar-refractivity contribution in [2.24, 2.45) is 0 Å². The standard InChI is InChI=1S/C18H20ClN5O/c1-2-5-13-10-17(24-18(22-13)20-12-21-24)23-8-9-25-16(11-23)14-6-3-4-7-15(14)19/h3-4,6-7,10,12,16H,2,5,8-9,11H2,1H3. The first-order valence-corrected chi connectivity index (χ1v) is 8.94. The summed E-state index contributed by atoms with van der Waals surface area (Å²) in [4.78, 5) is 11.1. The third-order valence-electron chi connectivity index (χ3n) is 4.43. The van der Waals surface area contributed by atoms with E-state index in [0.29, 0.717) is 18.9 Å². The summed E-state index contributed by atoms with van der Waals surface area (Å²) in [5.41, 5.74) is 2.06. The highest BCUT2D eigenvalue weighted by Gasteiger charge is 2.26. The lowest BCUT2D eigenvalue weighted by atomic mass is 10.1. The second-order valence-corrected chi connectivity index (χ2v) is 6.56. The third kappa shape index (κ3) is 3.19. The minimum absolute atomic E-state index is 0.0659. The second kappa shape index (κ2) is 6.98. The van der Waals surface area contributed by atoms with Gasteiger partial charge < -0.3 is 9.64 Å². The Balaban J connectivity index is 1.68. The molecule has 0 amide bonds. The molecule has 1 fully saturated rings. The molecule has 4 rings (SSSR count). The minimum atomic E-state index is -0.0659. The van der Waals surface area contributed by atoms with E-state index >= 15 is 0 Å². The van der Waals surface area contributed by atoms with E-state index in [1.165, 1.54) is 0 Å². The Kier molecular flexibility index (Phi) is 4.55. The maximum absolute atomic E-state index is 6.36. The number of ether oxygens (including phenoxy) is 1. The van der Waals surface area contributed by atoms with Crippen LogP contribution in [0.25, 0.3) is 5.78 Å². The lowest BCUT2D eigenvalue weighted by Gasteiger charge is -2.35. The number of fused-ring (bicyclic) bond motifs is 1. The maximum Gasteiger partial charge on any atom is 0.254 e. The van der Waals surface area contributed by atoms with E-state index in [2.05, 4.69) is 33.0 Å². The molecule has 0 saturated carbocycles. The van der Waals surface area contributed by atoms with Gasteiger partial charge in [-0.25, -0.2) is 4.98 Å². The smallest absolute Gasteiger partial charge is 0.254 e. The number of hydrogen-bond acceptors (Lipinski definition) is 5. The van der Waals surface area contributed by atoms with Crippen LogP contribution < -0.4 is 4.90 Å². The predicted molar refractivity (Wildman–Crippen MR) is 97.1 cm³/mol. The molecule has 0 radical (unpaired) electrons. The first-order chi connectivity index (χ1) is 12.3. The van der Waals surface area contributed by atoms with Gasteiger partial charge in [0.1, 0.15) is 18.2 Å². The van der Waals surface area contributed by atoms with Crippen LogP contribution in [-0.4, -0.2) is 39.3 Å². The van der Waals surface area contributed by atoms with Gasteiger partial charge in [0.15, 0.2) is 0 Å². The maximum atomic E-state index is 6.36. The Morgan fingerprint density at radius 2 is 2.20 bits per heavy atom. The Hall–Kier alpha value is -2.18. The number of hydrogen-bond donors (Lipinski definition) is 0. The molecule has 0 bridgehead atoms. The Bertz CT molecular complexity index is 881. The van der Waals surface area contributed by atoms with Crippen molar-refractivity contribution in [2.45, 2.75) is 25.9 Å². The summed E-state index contributed by atoms with van der Waals surface area (Å²) >= 11 is 6.36. The van der Waals surface area contributed by atoms with Crippen LogP contribution in [0.4, 0.5) is 5.82 Å². The molecule has 0 N–H and O–H groups in total. The average Bonchev–Trinajstić information content (AvgIpc) is 3.10. The van der Waals surface area contributed by atoms with Crippen molar-refractivity contribution in [3.63, 3.8) is 0 Å². The molecule has 1 aliphatic rings. The van der Waals surface area contributed by atoms with Gasteiger partial charge in [0, 0.05) is 35.4 Å². The van der Waals surface area contributed by atoms with Crippen LogP contribution >= 0.6 is 11.6 Å². The molecule has 0 spiro atoms. The van der Waals surface area contributed by atoms with E-state index in [4.69, 9.17) is 16.3 Å². The Morgan fingerprint density at radius 3 is 3.04 bits per heavy atom. The van der Waals surface area contributed by atoms with Crippen molar-refractivity contribution in [3.05, 3.63) is 52.9 Å². The van der Waals surface area contributed by atoms with Crippen LogP contribution in [0.1, 0.15) is 30.7 Å². The summed E-state index contributed by atoms with van der Waals surface area (Å²) in [7, 11) is 0. The van der Waals surface area contributed by atoms with Crippen molar-refractivity contribution in [3.8, 4) is 0 Å². The lowest BCUT2D eigenvalue weighted by Crippen LogP contribution is -2.39. The topological polar surface area (TPSA) is 55.6 Å². The summed E-state index contributed by atoms with van der Waals surface area (Å²) in [5, 5.41) is 5.08. The van der Waals surface area contributed by atoms with Crippen molar-refractivity contribution >= 4 is 23.2 Å². The fraction of sp³-hybridized carbons (Fsp3) is 0.389. The molecular weight excluding hydrogens is 338 g/mol. The van der Waals surface area contributed by atoms with Gasteiger partial charge in [0.05, 0.1) is 6.61 Å². The molecule has 1 aliphatic heterocycles. The van der Waals surface area contributed by atoms with E-state index in [0.717, 1.165) is 41.5 Å². The van der Waals surface area contributed by atoms with E-state index in [-0.39, 0.29) is 6.10 Å². The van der Waals surface area contributed by atoms with Gasteiger partial charge >= 0.3 is 0 Å². The molecule has 7 heteroatoms. The Morgan fingerprint density at radius 1 is 1.32 bits per heavy atom. The van der Waals surface area contributed by atoms with Gasteiger partial charge in [-0.3, -0.25) is 0 Å². The van der Waals surface area contributed by atoms with Crippen LogP contribution in [0.15, 0.2) is 36.7 Å². The molecule has 6 nitrogen and oxygen atoms in total. The van der Waals surface area contributed by atoms with Gasteiger partial charge in [-0.1, -0.05) is 43.1 Å². The number of benzene rings is 1. The number of aromatic nitrogens is 4. The fourth-order valence-electron chi connectivity index (χ4n) is 3.24. The van der Waals surface area contributed by atoms with Crippen LogP contribution in [0.5, 0.6) is 0 Å². The van der Waals surface area contributed by atoms with Gasteiger partial charge in [0.25, 0.3) is 5.78 Å². The molecular formula is C18H20ClN5O. The summed E-state index contributed by atoms with van der Waals surface area (Å²) in [6, 6.07) is 9.97. The first-order valence-electron chi connectivity index (χ1n) is 8.57. The highest BCUT2D eigenvalue weighted by molar-refractivity contribution is 6.31. The van der Waals surface area contributed by atoms with Crippen molar-refractivity contribution in [1.29, 1.82) is 0 Å². The summed E-state index contributed by atoms with van der Waals surface area (Å²) in [5.74, 6) is 1.65. The minimum Gasteiger partial charge on any atom is -0.370 e. The first kappa shape index (κ1) is 16.3. The van der Waals surface area contributed by atoms with Crippen molar-refractivity contribution < 1.29 is 4.74 Å². The van der Waals surface area contributed by atoms with Crippen molar-refractivity contribution in [2.75, 3.05) is 24.6 Å². The molecule has 1 saturated heterocycles. The summed E-state index contributed by atoms with van der Waals surface area (Å²) < 4.78 is 7.78. The van der Waals surface area contributed by atoms with Crippen LogP contribution in [0, 0.1) is 0 Å². The lowest BCUT2D eigenvalue weighted by molar-refractivity contribution is 0.0394. The van der Waals surface area contributed by atoms with Crippen molar-refractivity contribution in [1.82, 2.24) is 19.6 Å². The zero-order valence-corrected chi connectivity index (χ0v) is 14.9. The number of morpholine rings is 1. The highest BCUT2D eigenvalue weighted by atomic mass is 35.5.